The van der Waals surface area contributed by atoms with E-state index in [-0.39, 0.29) is 29.5 Å². The van der Waals surface area contributed by atoms with E-state index in [4.69, 9.17) is 8.92 Å². The zero-order chi connectivity index (χ0) is 20.5. The van der Waals surface area contributed by atoms with Crippen LogP contribution in [0, 0.1) is 3.57 Å². The van der Waals surface area contributed by atoms with Crippen LogP contribution in [0.1, 0.15) is 41.6 Å². The van der Waals surface area contributed by atoms with Gasteiger partial charge in [0.05, 0.1) is 41.3 Å². The summed E-state index contributed by atoms with van der Waals surface area (Å²) in [6.45, 7) is 2.01. The molecule has 1 aliphatic heterocycles. The van der Waals surface area contributed by atoms with Crippen LogP contribution in [0.2, 0.25) is 0 Å². The Labute approximate surface area is 172 Å². The van der Waals surface area contributed by atoms with Crippen LogP contribution >= 0.6 is 22.6 Å². The Kier molecular flexibility index (Phi) is 6.92. The molecule has 1 aromatic rings. The van der Waals surface area contributed by atoms with Crippen LogP contribution in [0.4, 0.5) is 0 Å². The molecule has 0 spiro atoms. The predicted molar refractivity (Wildman–Crippen MR) is 109 cm³/mol. The number of nitrogens with one attached hydrogen (secondary N) is 1. The third-order valence-electron chi connectivity index (χ3n) is 4.38. The summed E-state index contributed by atoms with van der Waals surface area (Å²) >= 11 is 1.95. The van der Waals surface area contributed by atoms with E-state index < -0.39 is 22.1 Å². The number of nitrogens with zero attached hydrogens (tertiary/aromatic N) is 2. The van der Waals surface area contributed by atoms with Crippen LogP contribution in [-0.4, -0.2) is 64.4 Å². The van der Waals surface area contributed by atoms with Crippen molar-refractivity contribution in [3.63, 3.8) is 0 Å². The highest BCUT2D eigenvalue weighted by Crippen LogP contribution is 2.41. The van der Waals surface area contributed by atoms with Crippen LogP contribution < -0.4 is 15.5 Å². The van der Waals surface area contributed by atoms with Crippen molar-refractivity contribution in [1.82, 2.24) is 14.8 Å². The van der Waals surface area contributed by atoms with Gasteiger partial charge in [-0.15, -0.1) is 0 Å². The number of aromatic nitrogens is 1. The van der Waals surface area contributed by atoms with Gasteiger partial charge in [-0.1, -0.05) is 0 Å². The fourth-order valence-electron chi connectivity index (χ4n) is 3.27. The van der Waals surface area contributed by atoms with Crippen molar-refractivity contribution >= 4 is 38.6 Å². The lowest BCUT2D eigenvalue weighted by molar-refractivity contribution is 0.0938. The largest absolute Gasteiger partial charge is 0.491 e. The normalized spacial score (nSPS) is 19.2. The average molecular weight is 513 g/mol. The second-order valence-corrected chi connectivity index (χ2v) is 9.22. The van der Waals surface area contributed by atoms with E-state index in [0.29, 0.717) is 22.2 Å². The SMILES string of the molecule is CCNC(=O)c1c(OC)c(=O)c(I)c2n1[C@H](COS(C)(=O)=O)C[C@H]2N(C)C. The van der Waals surface area contributed by atoms with Crippen molar-refractivity contribution in [1.29, 1.82) is 0 Å². The number of carbonyl (C=O) groups is 1. The molecule has 0 fully saturated rings. The summed E-state index contributed by atoms with van der Waals surface area (Å²) in [5, 5.41) is 2.70. The maximum atomic E-state index is 12.8. The summed E-state index contributed by atoms with van der Waals surface area (Å²) in [5.41, 5.74) is 0.392. The third-order valence-corrected chi connectivity index (χ3v) is 5.98. The summed E-state index contributed by atoms with van der Waals surface area (Å²) in [6.07, 6.45) is 1.48. The molecule has 0 saturated heterocycles. The zero-order valence-corrected chi connectivity index (χ0v) is 18.9. The first-order valence-corrected chi connectivity index (χ1v) is 11.2. The van der Waals surface area contributed by atoms with Crippen molar-refractivity contribution < 1.29 is 22.1 Å². The summed E-state index contributed by atoms with van der Waals surface area (Å²) in [4.78, 5) is 27.5. The first kappa shape index (κ1) is 22.1. The van der Waals surface area contributed by atoms with Crippen molar-refractivity contribution in [3.05, 3.63) is 25.2 Å². The fraction of sp³-hybridized carbons (Fsp3) is 0.625. The molecule has 0 unspecified atom stereocenters. The lowest BCUT2D eigenvalue weighted by Crippen LogP contribution is -2.33. The number of hydrogen-bond donors (Lipinski definition) is 1. The van der Waals surface area contributed by atoms with E-state index in [1.54, 1.807) is 11.5 Å². The molecule has 9 nitrogen and oxygen atoms in total. The number of pyridine rings is 1. The summed E-state index contributed by atoms with van der Waals surface area (Å²) in [5.74, 6) is -0.509. The minimum atomic E-state index is -3.65. The second-order valence-electron chi connectivity index (χ2n) is 6.50. The Morgan fingerprint density at radius 2 is 2.04 bits per heavy atom. The monoisotopic (exact) mass is 513 g/mol. The molecular weight excluding hydrogens is 489 g/mol. The molecule has 2 heterocycles. The topological polar surface area (TPSA) is 107 Å². The zero-order valence-electron chi connectivity index (χ0n) is 15.9. The number of fused-ring (bicyclic) bond motifs is 1. The van der Waals surface area contributed by atoms with Gasteiger partial charge >= 0.3 is 0 Å². The lowest BCUT2D eigenvalue weighted by Gasteiger charge is -2.23. The van der Waals surface area contributed by atoms with E-state index in [9.17, 15) is 18.0 Å². The molecule has 0 bridgehead atoms. The van der Waals surface area contributed by atoms with Gasteiger partial charge in [-0.05, 0) is 50.0 Å². The summed E-state index contributed by atoms with van der Waals surface area (Å²) in [6, 6.07) is -0.611. The Morgan fingerprint density at radius 1 is 1.41 bits per heavy atom. The molecule has 1 aliphatic rings. The van der Waals surface area contributed by atoms with E-state index in [1.807, 2.05) is 41.6 Å². The molecule has 11 heteroatoms. The van der Waals surface area contributed by atoms with Gasteiger partial charge in [-0.25, -0.2) is 0 Å². The van der Waals surface area contributed by atoms with Gasteiger partial charge in [0, 0.05) is 6.54 Å². The predicted octanol–water partition coefficient (Wildman–Crippen LogP) is 0.735. The van der Waals surface area contributed by atoms with E-state index >= 15 is 0 Å². The second kappa shape index (κ2) is 8.45. The molecule has 152 valence electrons. The standard InChI is InChI=1S/C16H24IN3O6S/c1-6-18-16(22)13-15(25-4)14(21)11(17)12-10(19(2)3)7-9(20(12)13)8-26-27(5,23)24/h9-10H,6-8H2,1-5H3,(H,18,22)/t9-,10+/m0/s1. The molecule has 1 amide bonds. The minimum Gasteiger partial charge on any atom is -0.491 e. The van der Waals surface area contributed by atoms with Crippen molar-refractivity contribution in [3.8, 4) is 5.75 Å². The number of rotatable bonds is 7. The van der Waals surface area contributed by atoms with Gasteiger partial charge in [0.1, 0.15) is 0 Å². The molecule has 0 radical (unpaired) electrons. The Balaban J connectivity index is 2.76. The van der Waals surface area contributed by atoms with Crippen molar-refractivity contribution in [2.45, 2.75) is 25.4 Å². The maximum absolute atomic E-state index is 12.8. The number of ether oxygens (including phenoxy) is 1. The average Bonchev–Trinajstić information content (AvgIpc) is 2.95. The van der Waals surface area contributed by atoms with E-state index in [0.717, 1.165) is 6.26 Å². The lowest BCUT2D eigenvalue weighted by atomic mass is 10.1. The Bertz CT molecular complexity index is 896. The fourth-order valence-corrected chi connectivity index (χ4v) is 4.53. The quantitative estimate of drug-likeness (QED) is 0.424. The number of amides is 1. The van der Waals surface area contributed by atoms with Crippen LogP contribution in [0.15, 0.2) is 4.79 Å². The number of halogens is 1. The maximum Gasteiger partial charge on any atom is 0.271 e. The molecule has 1 aromatic heterocycles. The number of carbonyl (C=O) groups excluding carboxylic acids is 1. The number of hydrogen-bond acceptors (Lipinski definition) is 7. The van der Waals surface area contributed by atoms with Gasteiger partial charge in [-0.3, -0.25) is 13.8 Å². The molecule has 2 rings (SSSR count). The highest BCUT2D eigenvalue weighted by molar-refractivity contribution is 14.1. The number of methoxy groups -OCH3 is 1. The van der Waals surface area contributed by atoms with Crippen LogP contribution in [0.3, 0.4) is 0 Å². The molecule has 0 aliphatic carbocycles. The van der Waals surface area contributed by atoms with Crippen molar-refractivity contribution in [2.75, 3.05) is 40.6 Å². The molecule has 0 saturated carbocycles. The highest BCUT2D eigenvalue weighted by Gasteiger charge is 2.40. The van der Waals surface area contributed by atoms with Gasteiger partial charge in [-0.2, -0.15) is 8.42 Å². The van der Waals surface area contributed by atoms with E-state index in [1.165, 1.54) is 7.11 Å². The first-order chi connectivity index (χ1) is 12.5. The molecular formula is C16H24IN3O6S. The van der Waals surface area contributed by atoms with Gasteiger partial charge in [0.25, 0.3) is 16.0 Å². The van der Waals surface area contributed by atoms with E-state index in [2.05, 4.69) is 5.32 Å². The van der Waals surface area contributed by atoms with Gasteiger partial charge in [0.15, 0.2) is 11.4 Å². The van der Waals surface area contributed by atoms with Crippen LogP contribution in [-0.2, 0) is 14.3 Å². The molecule has 1 N–H and O–H groups in total. The molecule has 0 aromatic carbocycles. The smallest absolute Gasteiger partial charge is 0.271 e. The highest BCUT2D eigenvalue weighted by atomic mass is 127. The van der Waals surface area contributed by atoms with Gasteiger partial charge in [0.2, 0.25) is 5.43 Å². The van der Waals surface area contributed by atoms with Gasteiger partial charge < -0.3 is 19.5 Å². The minimum absolute atomic E-state index is 0.0575. The molecule has 2 atom stereocenters. The summed E-state index contributed by atoms with van der Waals surface area (Å²) < 4.78 is 35.4. The van der Waals surface area contributed by atoms with Crippen molar-refractivity contribution in [2.24, 2.45) is 0 Å². The van der Waals surface area contributed by atoms with Crippen LogP contribution in [0.25, 0.3) is 0 Å². The Hall–Kier alpha value is -1.18. The Morgan fingerprint density at radius 3 is 2.52 bits per heavy atom. The first-order valence-electron chi connectivity index (χ1n) is 8.34. The third kappa shape index (κ3) is 4.46. The van der Waals surface area contributed by atoms with Crippen LogP contribution in [0.5, 0.6) is 5.75 Å². The summed E-state index contributed by atoms with van der Waals surface area (Å²) in [7, 11) is 1.42. The molecule has 27 heavy (non-hydrogen) atoms.